The Bertz CT molecular complexity index is 981. The molecular formula is C37H60O6Zn3. The Morgan fingerprint density at radius 2 is 0.957 bits per heavy atom. The predicted molar refractivity (Wildman–Crippen MR) is 179 cm³/mol. The van der Waals surface area contributed by atoms with Gasteiger partial charge in [-0.15, -0.1) is 0 Å². The topological polar surface area (TPSA) is 101 Å². The molecule has 0 aliphatic carbocycles. The number of esters is 1. The van der Waals surface area contributed by atoms with Crippen molar-refractivity contribution in [3.63, 3.8) is 0 Å². The molecule has 2 aromatic rings. The number of aromatic carboxylic acids is 1. The number of fused-ring (bicyclic) bond motifs is 1. The van der Waals surface area contributed by atoms with E-state index in [-0.39, 0.29) is 64.4 Å². The van der Waals surface area contributed by atoms with E-state index in [9.17, 15) is 14.4 Å². The minimum absolute atomic E-state index is 0. The van der Waals surface area contributed by atoms with E-state index in [0.717, 1.165) is 42.9 Å². The van der Waals surface area contributed by atoms with Gasteiger partial charge in [-0.3, -0.25) is 9.59 Å². The van der Waals surface area contributed by atoms with Crippen LogP contribution in [0.3, 0.4) is 0 Å². The summed E-state index contributed by atoms with van der Waals surface area (Å²) in [5, 5.41) is 19.2. The molecule has 9 heteroatoms. The average molecular weight is 797 g/mol. The van der Waals surface area contributed by atoms with Gasteiger partial charge >= 0.3 is 17.9 Å². The van der Waals surface area contributed by atoms with E-state index in [1.807, 2.05) is 37.3 Å². The molecule has 0 heterocycles. The Morgan fingerprint density at radius 3 is 1.41 bits per heavy atom. The maximum atomic E-state index is 10.8. The third-order valence-corrected chi connectivity index (χ3v) is 7.30. The van der Waals surface area contributed by atoms with Crippen LogP contribution in [0.5, 0.6) is 0 Å². The quantitative estimate of drug-likeness (QED) is 0.0699. The first kappa shape index (κ1) is 51.8. The minimum atomic E-state index is -0.878. The zero-order valence-corrected chi connectivity index (χ0v) is 38.4. The number of ether oxygens (including phenoxy) is 1. The van der Waals surface area contributed by atoms with Crippen LogP contribution >= 0.6 is 0 Å². The van der Waals surface area contributed by atoms with E-state index in [1.54, 1.807) is 12.1 Å². The molecule has 2 rings (SSSR count). The average Bonchev–Trinajstić information content (AvgIpc) is 2.99. The van der Waals surface area contributed by atoms with Crippen molar-refractivity contribution in [3.05, 3.63) is 48.0 Å². The van der Waals surface area contributed by atoms with Crippen LogP contribution in [-0.2, 0) is 72.8 Å². The normalized spacial score (nSPS) is 9.63. The van der Waals surface area contributed by atoms with Gasteiger partial charge in [0.2, 0.25) is 0 Å². The Kier molecular flexibility index (Phi) is 43.3. The first-order valence-corrected chi connectivity index (χ1v) is 17.0. The maximum Gasteiger partial charge on any atom is 0.336 e. The maximum absolute atomic E-state index is 10.8. The minimum Gasteiger partial charge on any atom is -0.481 e. The summed E-state index contributed by atoms with van der Waals surface area (Å²) in [6.45, 7) is 6.72. The Labute approximate surface area is 318 Å². The molecule has 0 spiro atoms. The third kappa shape index (κ3) is 31.6. The number of benzene rings is 2. The summed E-state index contributed by atoms with van der Waals surface area (Å²) < 4.78 is 4.75. The molecule has 2 N–H and O–H groups in total. The Balaban J connectivity index is -0.000000295. The van der Waals surface area contributed by atoms with Gasteiger partial charge in [0.05, 0.1) is 12.2 Å². The number of carbonyl (C=O) groups is 3. The molecule has 0 unspecified atom stereocenters. The number of rotatable bonds is 22. The molecule has 0 atom stereocenters. The van der Waals surface area contributed by atoms with E-state index < -0.39 is 11.9 Å². The first-order chi connectivity index (χ1) is 20.9. The SMILES string of the molecule is CCCCCC(=O)OCC.CCCCCCCCCCCCCCCCCC(=O)O.O=C(O)c1cccc2ccccc12.[Zn].[Zn].[Zn]. The van der Waals surface area contributed by atoms with Crippen molar-refractivity contribution in [2.75, 3.05) is 6.61 Å². The van der Waals surface area contributed by atoms with E-state index in [0.29, 0.717) is 25.0 Å². The molecule has 0 saturated heterocycles. The largest absolute Gasteiger partial charge is 0.481 e. The van der Waals surface area contributed by atoms with Gasteiger partial charge in [-0.05, 0) is 36.6 Å². The number of hydrogen-bond acceptors (Lipinski definition) is 4. The molecule has 0 aliphatic heterocycles. The molecule has 250 valence electrons. The van der Waals surface area contributed by atoms with Crippen molar-refractivity contribution in [2.45, 2.75) is 149 Å². The summed E-state index contributed by atoms with van der Waals surface area (Å²) in [5.41, 5.74) is 0.359. The molecule has 6 nitrogen and oxygen atoms in total. The van der Waals surface area contributed by atoms with Crippen LogP contribution < -0.4 is 0 Å². The van der Waals surface area contributed by atoms with Gasteiger partial charge in [-0.25, -0.2) is 4.79 Å². The second-order valence-corrected chi connectivity index (χ2v) is 11.2. The van der Waals surface area contributed by atoms with Crippen LogP contribution in [-0.4, -0.2) is 34.7 Å². The summed E-state index contributed by atoms with van der Waals surface area (Å²) in [7, 11) is 0. The summed E-state index contributed by atoms with van der Waals surface area (Å²) >= 11 is 0. The Morgan fingerprint density at radius 1 is 0.543 bits per heavy atom. The van der Waals surface area contributed by atoms with Crippen LogP contribution in [0.4, 0.5) is 0 Å². The summed E-state index contributed by atoms with van der Waals surface area (Å²) in [4.78, 5) is 31.8. The van der Waals surface area contributed by atoms with Gasteiger partial charge in [0, 0.05) is 71.3 Å². The fourth-order valence-corrected chi connectivity index (χ4v) is 4.81. The number of carboxylic acid groups (broad SMARTS) is 2. The van der Waals surface area contributed by atoms with Crippen molar-refractivity contribution >= 4 is 28.7 Å². The van der Waals surface area contributed by atoms with Crippen molar-refractivity contribution in [1.82, 2.24) is 0 Å². The molecule has 0 fully saturated rings. The number of unbranched alkanes of at least 4 members (excludes halogenated alkanes) is 16. The van der Waals surface area contributed by atoms with Gasteiger partial charge < -0.3 is 14.9 Å². The fraction of sp³-hybridized carbons (Fsp3) is 0.649. The Hall–Kier alpha value is -1.02. The first-order valence-electron chi connectivity index (χ1n) is 17.0. The third-order valence-electron chi connectivity index (χ3n) is 7.30. The fourth-order valence-electron chi connectivity index (χ4n) is 4.81. The monoisotopic (exact) mass is 792 g/mol. The smallest absolute Gasteiger partial charge is 0.336 e. The van der Waals surface area contributed by atoms with Crippen LogP contribution in [0.2, 0.25) is 0 Å². The van der Waals surface area contributed by atoms with Crippen LogP contribution in [0.15, 0.2) is 42.5 Å². The number of carboxylic acids is 2. The number of hydrogen-bond donors (Lipinski definition) is 2. The summed E-state index contributed by atoms with van der Waals surface area (Å²) in [6, 6.07) is 12.7. The van der Waals surface area contributed by atoms with Crippen molar-refractivity contribution in [2.24, 2.45) is 0 Å². The molecule has 0 aliphatic rings. The predicted octanol–water partition coefficient (Wildman–Crippen LogP) is 11.0. The molecule has 2 aromatic carbocycles. The summed E-state index contributed by atoms with van der Waals surface area (Å²) in [6.07, 6.45) is 24.0. The van der Waals surface area contributed by atoms with Crippen molar-refractivity contribution in [1.29, 1.82) is 0 Å². The second-order valence-electron chi connectivity index (χ2n) is 11.2. The van der Waals surface area contributed by atoms with E-state index in [1.165, 1.54) is 83.5 Å². The molecule has 46 heavy (non-hydrogen) atoms. The van der Waals surface area contributed by atoms with Gasteiger partial charge in [0.25, 0.3) is 0 Å². The molecular weight excluding hydrogens is 737 g/mol. The summed E-state index contributed by atoms with van der Waals surface area (Å²) in [5.74, 6) is -1.59. The number of aliphatic carboxylic acids is 1. The molecule has 0 aromatic heterocycles. The standard InChI is InChI=1S/C18H36O2.C11H8O2.C8H16O2.3Zn/c1-2-3-4-5-6-7-8-9-10-11-12-13-14-15-16-17-18(19)20;12-11(13)10-7-3-5-8-4-1-2-6-9(8)10;1-3-5-6-7-8(9)10-4-2;;;/h2-17H2,1H3,(H,19,20);1-7H,(H,12,13);3-7H2,1-2H3;;;. The van der Waals surface area contributed by atoms with Crippen molar-refractivity contribution < 1.29 is 87.8 Å². The van der Waals surface area contributed by atoms with Gasteiger partial charge in [-0.2, -0.15) is 0 Å². The van der Waals surface area contributed by atoms with Crippen LogP contribution in [0, 0.1) is 0 Å². The number of carbonyl (C=O) groups excluding carboxylic acids is 1. The van der Waals surface area contributed by atoms with Crippen molar-refractivity contribution in [3.8, 4) is 0 Å². The van der Waals surface area contributed by atoms with Gasteiger partial charge in [0.1, 0.15) is 0 Å². The zero-order valence-electron chi connectivity index (χ0n) is 29.5. The van der Waals surface area contributed by atoms with Gasteiger partial charge in [0.15, 0.2) is 0 Å². The zero-order chi connectivity index (χ0) is 32.0. The van der Waals surface area contributed by atoms with Crippen LogP contribution in [0.1, 0.15) is 160 Å². The van der Waals surface area contributed by atoms with E-state index in [4.69, 9.17) is 14.9 Å². The molecule has 0 radical (unpaired) electrons. The molecule has 0 bridgehead atoms. The van der Waals surface area contributed by atoms with Gasteiger partial charge in [-0.1, -0.05) is 153 Å². The van der Waals surface area contributed by atoms with E-state index in [2.05, 4.69) is 13.8 Å². The molecule has 0 saturated carbocycles. The second kappa shape index (κ2) is 38.4. The van der Waals surface area contributed by atoms with E-state index >= 15 is 0 Å². The van der Waals surface area contributed by atoms with Crippen LogP contribution in [0.25, 0.3) is 10.8 Å². The molecule has 0 amide bonds.